The van der Waals surface area contributed by atoms with Crippen LogP contribution in [0.4, 0.5) is 0 Å². The molecule has 0 atom stereocenters. The number of ether oxygens (including phenoxy) is 2. The number of benzene rings is 1. The molecule has 0 fully saturated rings. The topological polar surface area (TPSA) is 57.4 Å². The second-order valence-corrected chi connectivity index (χ2v) is 5.78. The zero-order valence-corrected chi connectivity index (χ0v) is 14.3. The molecule has 0 bridgehead atoms. The fraction of sp³-hybridized carbons (Fsp3) is 0.200. The van der Waals surface area contributed by atoms with E-state index in [-0.39, 0.29) is 4.99 Å². The normalized spacial score (nSPS) is 10.3. The van der Waals surface area contributed by atoms with Crippen LogP contribution in [0.25, 0.3) is 0 Å². The van der Waals surface area contributed by atoms with Crippen molar-refractivity contribution in [1.29, 1.82) is 0 Å². The molecule has 0 aliphatic rings. The summed E-state index contributed by atoms with van der Waals surface area (Å²) in [5.41, 5.74) is 8.03. The van der Waals surface area contributed by atoms with Crippen LogP contribution in [0.1, 0.15) is 17.0 Å². The molecule has 0 aliphatic heterocycles. The van der Waals surface area contributed by atoms with Gasteiger partial charge in [0.2, 0.25) is 0 Å². The molecular weight excluding hydrogens is 352 g/mol. The fourth-order valence-corrected chi connectivity index (χ4v) is 2.67. The first-order valence-corrected chi connectivity index (χ1v) is 7.42. The molecule has 0 spiro atoms. The number of hydrogen-bond acceptors (Lipinski definition) is 4. The summed E-state index contributed by atoms with van der Waals surface area (Å²) in [7, 11) is 1.61. The van der Waals surface area contributed by atoms with Gasteiger partial charge >= 0.3 is 0 Å². The molecule has 0 saturated carbocycles. The molecule has 1 heterocycles. The third-order valence-electron chi connectivity index (χ3n) is 2.90. The zero-order chi connectivity index (χ0) is 15.6. The number of halogens is 1. The van der Waals surface area contributed by atoms with Gasteiger partial charge in [0.15, 0.2) is 0 Å². The molecule has 0 saturated heterocycles. The van der Waals surface area contributed by atoms with Crippen molar-refractivity contribution in [3.05, 3.63) is 45.7 Å². The number of hydrogen-bond donors (Lipinski definition) is 1. The number of rotatable bonds is 4. The number of aromatic nitrogens is 1. The van der Waals surface area contributed by atoms with E-state index in [1.54, 1.807) is 7.11 Å². The smallest absolute Gasteiger partial charge is 0.141 e. The molecule has 1 aromatic heterocycles. The highest BCUT2D eigenvalue weighted by atomic mass is 79.9. The van der Waals surface area contributed by atoms with Gasteiger partial charge < -0.3 is 15.2 Å². The van der Waals surface area contributed by atoms with Crippen LogP contribution in [0.5, 0.6) is 17.2 Å². The lowest BCUT2D eigenvalue weighted by molar-refractivity contribution is 0.412. The van der Waals surface area contributed by atoms with Gasteiger partial charge in [0, 0.05) is 11.8 Å². The van der Waals surface area contributed by atoms with Gasteiger partial charge in [0.1, 0.15) is 22.2 Å². The molecule has 2 rings (SSSR count). The Bertz CT molecular complexity index is 704. The monoisotopic (exact) mass is 366 g/mol. The Hall–Kier alpha value is -1.66. The molecule has 0 unspecified atom stereocenters. The molecular formula is C15H15BrN2O2S. The van der Waals surface area contributed by atoms with Crippen molar-refractivity contribution >= 4 is 33.1 Å². The Morgan fingerprint density at radius 3 is 2.52 bits per heavy atom. The van der Waals surface area contributed by atoms with Crippen molar-refractivity contribution in [3.8, 4) is 17.2 Å². The molecule has 0 aliphatic carbocycles. The molecule has 4 nitrogen and oxygen atoms in total. The van der Waals surface area contributed by atoms with Crippen molar-refractivity contribution in [2.45, 2.75) is 13.8 Å². The molecule has 2 N–H and O–H groups in total. The molecule has 21 heavy (non-hydrogen) atoms. The summed E-state index contributed by atoms with van der Waals surface area (Å²) >= 11 is 8.55. The summed E-state index contributed by atoms with van der Waals surface area (Å²) in [5.74, 6) is 1.99. The van der Waals surface area contributed by atoms with Crippen LogP contribution in [-0.2, 0) is 0 Å². The zero-order valence-electron chi connectivity index (χ0n) is 11.9. The van der Waals surface area contributed by atoms with Gasteiger partial charge in [-0.1, -0.05) is 12.2 Å². The van der Waals surface area contributed by atoms with Gasteiger partial charge in [-0.3, -0.25) is 4.98 Å². The van der Waals surface area contributed by atoms with Crippen LogP contribution in [0, 0.1) is 13.8 Å². The van der Waals surface area contributed by atoms with E-state index in [9.17, 15) is 0 Å². The van der Waals surface area contributed by atoms with Crippen LogP contribution in [0.3, 0.4) is 0 Å². The summed E-state index contributed by atoms with van der Waals surface area (Å²) in [4.78, 5) is 4.63. The predicted molar refractivity (Wildman–Crippen MR) is 90.4 cm³/mol. The lowest BCUT2D eigenvalue weighted by atomic mass is 10.1. The number of methoxy groups -OCH3 is 1. The van der Waals surface area contributed by atoms with E-state index in [0.29, 0.717) is 17.1 Å². The minimum absolute atomic E-state index is 0.264. The number of aryl methyl sites for hydroxylation is 2. The predicted octanol–water partition coefficient (Wildman–Crippen LogP) is 3.90. The van der Waals surface area contributed by atoms with E-state index in [1.165, 1.54) is 0 Å². The second-order valence-electron chi connectivity index (χ2n) is 4.48. The minimum atomic E-state index is 0.264. The number of nitrogens with two attached hydrogens (primary N) is 1. The van der Waals surface area contributed by atoms with Crippen LogP contribution >= 0.6 is 28.1 Å². The first kappa shape index (κ1) is 15.7. The number of nitrogens with zero attached hydrogens (tertiary/aromatic N) is 1. The van der Waals surface area contributed by atoms with Gasteiger partial charge in [-0.05, 0) is 48.0 Å². The van der Waals surface area contributed by atoms with Crippen LogP contribution < -0.4 is 15.2 Å². The van der Waals surface area contributed by atoms with Crippen LogP contribution in [0.15, 0.2) is 28.7 Å². The summed E-state index contributed by atoms with van der Waals surface area (Å²) in [6.45, 7) is 3.75. The fourth-order valence-electron chi connectivity index (χ4n) is 1.98. The largest absolute Gasteiger partial charge is 0.497 e. The van der Waals surface area contributed by atoms with Gasteiger partial charge in [-0.15, -0.1) is 0 Å². The Labute approximate surface area is 137 Å². The maximum Gasteiger partial charge on any atom is 0.141 e. The minimum Gasteiger partial charge on any atom is -0.497 e. The maximum absolute atomic E-state index is 5.95. The molecule has 2 aromatic rings. The van der Waals surface area contributed by atoms with Gasteiger partial charge in [-0.25, -0.2) is 0 Å². The maximum atomic E-state index is 5.95. The van der Waals surface area contributed by atoms with E-state index in [2.05, 4.69) is 20.9 Å². The Morgan fingerprint density at radius 1 is 1.24 bits per heavy atom. The highest BCUT2D eigenvalue weighted by Gasteiger charge is 2.14. The second kappa shape index (κ2) is 6.41. The van der Waals surface area contributed by atoms with Crippen molar-refractivity contribution in [2.75, 3.05) is 7.11 Å². The van der Waals surface area contributed by atoms with Gasteiger partial charge in [0.05, 0.1) is 22.8 Å². The first-order valence-electron chi connectivity index (χ1n) is 6.21. The first-order chi connectivity index (χ1) is 9.92. The van der Waals surface area contributed by atoms with Crippen LogP contribution in [0.2, 0.25) is 0 Å². The van der Waals surface area contributed by atoms with E-state index < -0.39 is 0 Å². The highest BCUT2D eigenvalue weighted by molar-refractivity contribution is 9.10. The van der Waals surface area contributed by atoms with E-state index in [4.69, 9.17) is 27.4 Å². The summed E-state index contributed by atoms with van der Waals surface area (Å²) < 4.78 is 11.9. The van der Waals surface area contributed by atoms with E-state index in [1.807, 2.05) is 38.1 Å². The summed E-state index contributed by atoms with van der Waals surface area (Å²) in [6.07, 6.45) is 0. The third kappa shape index (κ3) is 3.51. The summed E-state index contributed by atoms with van der Waals surface area (Å²) in [6, 6.07) is 7.29. The molecule has 0 amide bonds. The lowest BCUT2D eigenvalue weighted by Crippen LogP contribution is -2.14. The standard InChI is InChI=1S/C15H15BrN2O2S/c1-8-6-13(14(15(17)21)9(2)18-8)20-12-5-4-10(19-3)7-11(12)16/h4-7H,1-3H3,(H2,17,21). The van der Waals surface area contributed by atoms with Crippen molar-refractivity contribution < 1.29 is 9.47 Å². The molecule has 1 aromatic carbocycles. The Morgan fingerprint density at radius 2 is 1.95 bits per heavy atom. The van der Waals surface area contributed by atoms with E-state index in [0.717, 1.165) is 21.6 Å². The van der Waals surface area contributed by atoms with Crippen LogP contribution in [-0.4, -0.2) is 17.1 Å². The average Bonchev–Trinajstić information content (AvgIpc) is 2.39. The third-order valence-corrected chi connectivity index (χ3v) is 3.72. The van der Waals surface area contributed by atoms with Crippen molar-refractivity contribution in [1.82, 2.24) is 4.98 Å². The molecule has 6 heteroatoms. The van der Waals surface area contributed by atoms with Crippen molar-refractivity contribution in [3.63, 3.8) is 0 Å². The Balaban J connectivity index is 2.46. The number of pyridine rings is 1. The molecule has 0 radical (unpaired) electrons. The van der Waals surface area contributed by atoms with Crippen molar-refractivity contribution in [2.24, 2.45) is 5.73 Å². The summed E-state index contributed by atoms with van der Waals surface area (Å²) in [5, 5.41) is 0. The molecule has 110 valence electrons. The Kier molecular flexibility index (Phi) is 4.80. The number of thiocarbonyl (C=S) groups is 1. The SMILES string of the molecule is COc1ccc(Oc2cc(C)nc(C)c2C(N)=S)c(Br)c1. The lowest BCUT2D eigenvalue weighted by Gasteiger charge is -2.14. The van der Waals surface area contributed by atoms with E-state index >= 15 is 0 Å². The average molecular weight is 367 g/mol. The quantitative estimate of drug-likeness (QED) is 0.831. The van der Waals surface area contributed by atoms with Gasteiger partial charge in [-0.2, -0.15) is 0 Å². The van der Waals surface area contributed by atoms with Gasteiger partial charge in [0.25, 0.3) is 0 Å². The highest BCUT2D eigenvalue weighted by Crippen LogP contribution is 2.34.